The Kier molecular flexibility index (Phi) is 6.69. The molecule has 2 atom stereocenters. The first-order chi connectivity index (χ1) is 21.7. The fourth-order valence-electron chi connectivity index (χ4n) is 7.49. The quantitative estimate of drug-likeness (QED) is 0.302. The lowest BCUT2D eigenvalue weighted by atomic mass is 9.92. The number of ether oxygens (including phenoxy) is 2. The van der Waals surface area contributed by atoms with E-state index < -0.39 is 28.9 Å². The zero-order chi connectivity index (χ0) is 31.1. The van der Waals surface area contributed by atoms with E-state index in [0.717, 1.165) is 30.7 Å². The molecule has 0 bridgehead atoms. The van der Waals surface area contributed by atoms with Gasteiger partial charge in [-0.15, -0.1) is 0 Å². The van der Waals surface area contributed by atoms with E-state index in [0.29, 0.717) is 57.0 Å². The molecule has 10 nitrogen and oxygen atoms in total. The maximum atomic E-state index is 16.8. The molecule has 4 aromatic rings. The van der Waals surface area contributed by atoms with Crippen LogP contribution < -0.4 is 15.4 Å². The number of morpholine rings is 1. The largest absolute Gasteiger partial charge is 0.461 e. The highest BCUT2D eigenvalue weighted by Gasteiger charge is 2.50. The molecule has 0 saturated carbocycles. The number of hydrogen-bond acceptors (Lipinski definition) is 11. The van der Waals surface area contributed by atoms with Crippen LogP contribution in [0.25, 0.3) is 32.2 Å². The van der Waals surface area contributed by atoms with Gasteiger partial charge >= 0.3 is 6.01 Å². The number of nitriles is 1. The third kappa shape index (κ3) is 4.62. The summed E-state index contributed by atoms with van der Waals surface area (Å²) in [4.78, 5) is 19.3. The van der Waals surface area contributed by atoms with Crippen molar-refractivity contribution < 1.29 is 22.6 Å². The first-order valence-electron chi connectivity index (χ1n) is 14.8. The van der Waals surface area contributed by atoms with E-state index in [4.69, 9.17) is 31.8 Å². The molecule has 15 heteroatoms. The molecular formula is C30H28ClF3N8O2S. The predicted molar refractivity (Wildman–Crippen MR) is 164 cm³/mol. The fourth-order valence-corrected chi connectivity index (χ4v) is 8.55. The molecule has 4 aliphatic heterocycles. The average Bonchev–Trinajstić information content (AvgIpc) is 3.67. The summed E-state index contributed by atoms with van der Waals surface area (Å²) in [5, 5.41) is 9.89. The summed E-state index contributed by atoms with van der Waals surface area (Å²) >= 11 is 7.76. The van der Waals surface area contributed by atoms with E-state index in [1.54, 1.807) is 11.0 Å². The van der Waals surface area contributed by atoms with Crippen LogP contribution in [0.15, 0.2) is 18.2 Å². The van der Waals surface area contributed by atoms with E-state index in [9.17, 15) is 14.0 Å². The Morgan fingerprint density at radius 2 is 2.02 bits per heavy atom. The maximum Gasteiger partial charge on any atom is 0.319 e. The second-order valence-electron chi connectivity index (χ2n) is 12.4. The van der Waals surface area contributed by atoms with Gasteiger partial charge in [0.1, 0.15) is 35.5 Å². The van der Waals surface area contributed by atoms with Crippen LogP contribution in [0.4, 0.5) is 24.1 Å². The highest BCUT2D eigenvalue weighted by atomic mass is 35.5. The van der Waals surface area contributed by atoms with Gasteiger partial charge in [-0.1, -0.05) is 22.9 Å². The number of nitrogens with zero attached hydrogens (tertiary/aromatic N) is 7. The lowest BCUT2D eigenvalue weighted by Gasteiger charge is -2.52. The molecule has 4 aliphatic rings. The number of hydrogen-bond donors (Lipinski definition) is 1. The Bertz CT molecular complexity index is 1900. The molecule has 0 amide bonds. The van der Waals surface area contributed by atoms with E-state index in [-0.39, 0.29) is 49.6 Å². The number of aromatic nitrogens is 3. The van der Waals surface area contributed by atoms with Crippen LogP contribution in [0.2, 0.25) is 5.02 Å². The minimum atomic E-state index is -0.934. The smallest absolute Gasteiger partial charge is 0.319 e. The van der Waals surface area contributed by atoms with Crippen molar-refractivity contribution in [2.75, 3.05) is 63.1 Å². The molecule has 2 N–H and O–H groups in total. The van der Waals surface area contributed by atoms with Crippen LogP contribution in [0.5, 0.6) is 6.01 Å². The molecule has 0 radical (unpaired) electrons. The third-order valence-electron chi connectivity index (χ3n) is 9.50. The van der Waals surface area contributed by atoms with E-state index in [1.807, 2.05) is 4.90 Å². The summed E-state index contributed by atoms with van der Waals surface area (Å²) < 4.78 is 58.4. The van der Waals surface area contributed by atoms with Crippen molar-refractivity contribution in [2.24, 2.45) is 0 Å². The van der Waals surface area contributed by atoms with Crippen molar-refractivity contribution in [3.63, 3.8) is 0 Å². The predicted octanol–water partition coefficient (Wildman–Crippen LogP) is 4.75. The Balaban J connectivity index is 1.25. The molecule has 2 aromatic carbocycles. The van der Waals surface area contributed by atoms with Crippen LogP contribution in [-0.4, -0.2) is 94.5 Å². The summed E-state index contributed by atoms with van der Waals surface area (Å²) in [6.07, 6.45) is 3.30. The topological polar surface area (TPSA) is 117 Å². The Hall–Kier alpha value is -3.64. The number of alkyl halides is 1. The summed E-state index contributed by atoms with van der Waals surface area (Å²) in [6.45, 7) is 3.46. The monoisotopic (exact) mass is 656 g/mol. The highest BCUT2D eigenvalue weighted by Crippen LogP contribution is 2.44. The van der Waals surface area contributed by atoms with Gasteiger partial charge in [0.15, 0.2) is 17.1 Å². The molecule has 0 unspecified atom stereocenters. The van der Waals surface area contributed by atoms with Crippen LogP contribution >= 0.6 is 22.9 Å². The number of halogens is 4. The van der Waals surface area contributed by atoms with E-state index >= 15 is 4.39 Å². The number of nitrogens with two attached hydrogens (primary N) is 1. The lowest BCUT2D eigenvalue weighted by molar-refractivity contribution is -0.131. The van der Waals surface area contributed by atoms with Gasteiger partial charge in [0.25, 0.3) is 0 Å². The molecule has 8 rings (SSSR count). The lowest BCUT2D eigenvalue weighted by Crippen LogP contribution is -2.69. The van der Waals surface area contributed by atoms with Gasteiger partial charge in [0, 0.05) is 36.0 Å². The standard InChI is InChI=1S/C30H28ClF3N8O2S/c31-19-8-18-23(22(34)21(19)17-2-3-20(33)25-24(17)37-27(36)45-25)38-28(43-14-29-4-1-5-42(29)10-16(32)9-29)39-26(18)41-6-7-44-30(13-41)11-40(12-30)15-35/h2-3,8,16H,1,4-7,9-14H2,(H2,36,37)/t16-,29+/m1/s1. The minimum absolute atomic E-state index is 0.00814. The number of nitrogen functional groups attached to an aromatic ring is 1. The van der Waals surface area contributed by atoms with Crippen molar-refractivity contribution in [1.29, 1.82) is 5.26 Å². The molecule has 4 saturated heterocycles. The van der Waals surface area contributed by atoms with Gasteiger partial charge in [-0.3, -0.25) is 4.90 Å². The summed E-state index contributed by atoms with van der Waals surface area (Å²) in [7, 11) is 0. The molecular weight excluding hydrogens is 629 g/mol. The molecule has 1 spiro atoms. The molecule has 4 fully saturated rings. The number of likely N-dealkylation sites (tertiary alicyclic amines) is 1. The van der Waals surface area contributed by atoms with Crippen LogP contribution in [0.1, 0.15) is 19.3 Å². The first kappa shape index (κ1) is 28.8. The molecule has 234 valence electrons. The Morgan fingerprint density at radius 3 is 2.84 bits per heavy atom. The number of anilines is 2. The van der Waals surface area contributed by atoms with Crippen molar-refractivity contribution in [3.05, 3.63) is 34.9 Å². The number of thiazole rings is 1. The van der Waals surface area contributed by atoms with E-state index in [1.165, 1.54) is 12.1 Å². The van der Waals surface area contributed by atoms with Crippen LogP contribution in [0, 0.1) is 23.1 Å². The second-order valence-corrected chi connectivity index (χ2v) is 13.8. The van der Waals surface area contributed by atoms with E-state index in [2.05, 4.69) is 21.1 Å². The Morgan fingerprint density at radius 1 is 1.18 bits per heavy atom. The third-order valence-corrected chi connectivity index (χ3v) is 10.7. The molecule has 6 heterocycles. The van der Waals surface area contributed by atoms with Crippen molar-refractivity contribution in [1.82, 2.24) is 24.8 Å². The van der Waals surface area contributed by atoms with Crippen LogP contribution in [-0.2, 0) is 4.74 Å². The second kappa shape index (κ2) is 10.4. The van der Waals surface area contributed by atoms with Gasteiger partial charge in [0.05, 0.1) is 47.0 Å². The highest BCUT2D eigenvalue weighted by molar-refractivity contribution is 7.22. The summed E-state index contributed by atoms with van der Waals surface area (Å²) in [6, 6.07) is 4.23. The van der Waals surface area contributed by atoms with Crippen LogP contribution in [0.3, 0.4) is 0 Å². The van der Waals surface area contributed by atoms with Gasteiger partial charge in [-0.25, -0.2) is 18.2 Å². The van der Waals surface area contributed by atoms with Crippen molar-refractivity contribution in [2.45, 2.75) is 36.6 Å². The normalized spacial score (nSPS) is 24.4. The SMILES string of the molecule is N#CN1CC2(C1)CN(c1nc(OC[C@@]34CCCN3C[C@H](F)C4)nc3c(F)c(-c4ccc(F)c5sc(N)nc45)c(Cl)cc13)CCO2. The summed E-state index contributed by atoms with van der Waals surface area (Å²) in [5.41, 5.74) is 5.33. The molecule has 45 heavy (non-hydrogen) atoms. The minimum Gasteiger partial charge on any atom is -0.461 e. The van der Waals surface area contributed by atoms with Gasteiger partial charge in [-0.2, -0.15) is 15.2 Å². The van der Waals surface area contributed by atoms with Crippen molar-refractivity contribution >= 4 is 55.0 Å². The Labute approximate surface area is 265 Å². The molecule has 2 aromatic heterocycles. The van der Waals surface area contributed by atoms with Gasteiger partial charge in [-0.05, 0) is 37.6 Å². The van der Waals surface area contributed by atoms with Gasteiger partial charge < -0.3 is 25.0 Å². The van der Waals surface area contributed by atoms with Crippen molar-refractivity contribution in [3.8, 4) is 23.3 Å². The zero-order valence-electron chi connectivity index (χ0n) is 24.0. The first-order valence-corrected chi connectivity index (χ1v) is 16.0. The molecule has 0 aliphatic carbocycles. The zero-order valence-corrected chi connectivity index (χ0v) is 25.6. The number of rotatable bonds is 5. The average molecular weight is 657 g/mol. The summed E-state index contributed by atoms with van der Waals surface area (Å²) in [5.74, 6) is -0.841. The maximum absolute atomic E-state index is 16.8. The number of benzene rings is 2. The van der Waals surface area contributed by atoms with Gasteiger partial charge in [0.2, 0.25) is 0 Å². The number of fused-ring (bicyclic) bond motifs is 3. The fraction of sp³-hybridized carbons (Fsp3) is 0.467.